The maximum atomic E-state index is 13.0. The Labute approximate surface area is 184 Å². The van der Waals surface area contributed by atoms with Crippen LogP contribution in [0.25, 0.3) is 0 Å². The molecule has 2 saturated heterocycles. The predicted molar refractivity (Wildman–Crippen MR) is 113 cm³/mol. The molecule has 1 amide bonds. The van der Waals surface area contributed by atoms with Crippen molar-refractivity contribution < 1.29 is 27.5 Å². The molecule has 0 aliphatic carbocycles. The van der Waals surface area contributed by atoms with Crippen molar-refractivity contribution in [2.24, 2.45) is 0 Å². The van der Waals surface area contributed by atoms with Crippen molar-refractivity contribution >= 4 is 17.4 Å². The van der Waals surface area contributed by atoms with Gasteiger partial charge in [0.1, 0.15) is 0 Å². The summed E-state index contributed by atoms with van der Waals surface area (Å²) in [6.45, 7) is 4.42. The Balaban J connectivity index is 1.39. The van der Waals surface area contributed by atoms with E-state index < -0.39 is 23.4 Å². The zero-order chi connectivity index (χ0) is 22.9. The summed E-state index contributed by atoms with van der Waals surface area (Å²) in [6.07, 6.45) is -2.66. The highest BCUT2D eigenvalue weighted by atomic mass is 19.4. The number of alkyl halides is 3. The topological polar surface area (TPSA) is 65.6 Å². The number of benzene rings is 1. The Hall–Kier alpha value is -2.81. The lowest BCUT2D eigenvalue weighted by Crippen LogP contribution is -2.50. The van der Waals surface area contributed by atoms with E-state index in [1.807, 2.05) is 0 Å². The molecule has 2 fully saturated rings. The van der Waals surface area contributed by atoms with E-state index in [-0.39, 0.29) is 19.0 Å². The maximum absolute atomic E-state index is 13.0. The number of aryl methyl sites for hydroxylation is 1. The van der Waals surface area contributed by atoms with Crippen molar-refractivity contribution in [1.29, 1.82) is 0 Å². The fraction of sp³-hybridized carbons (Fsp3) is 0.478. The van der Waals surface area contributed by atoms with Crippen LogP contribution in [-0.2, 0) is 15.7 Å². The SMILES string of the molecule is Cc1[nH]c(C2CCOCC2)cc1C(=O)C(=O)N1CCN(c2cccc(C(F)(F)F)c2)CC1. The first-order valence-electron chi connectivity index (χ1n) is 10.8. The summed E-state index contributed by atoms with van der Waals surface area (Å²) in [7, 11) is 0. The minimum absolute atomic E-state index is 0.275. The number of ether oxygens (including phenoxy) is 1. The lowest BCUT2D eigenvalue weighted by atomic mass is 9.96. The van der Waals surface area contributed by atoms with Crippen LogP contribution in [0.3, 0.4) is 0 Å². The average molecular weight is 449 g/mol. The smallest absolute Gasteiger partial charge is 0.381 e. The zero-order valence-electron chi connectivity index (χ0n) is 17.9. The third kappa shape index (κ3) is 4.67. The largest absolute Gasteiger partial charge is 0.416 e. The Morgan fingerprint density at radius 3 is 2.41 bits per heavy atom. The van der Waals surface area contributed by atoms with E-state index in [2.05, 4.69) is 4.98 Å². The number of piperazine rings is 1. The number of hydrogen-bond acceptors (Lipinski definition) is 4. The average Bonchev–Trinajstić information content (AvgIpc) is 3.20. The molecule has 0 spiro atoms. The Morgan fingerprint density at radius 1 is 1.06 bits per heavy atom. The van der Waals surface area contributed by atoms with Crippen LogP contribution in [-0.4, -0.2) is 61.0 Å². The summed E-state index contributed by atoms with van der Waals surface area (Å²) in [5, 5.41) is 0. The van der Waals surface area contributed by atoms with Crippen molar-refractivity contribution in [1.82, 2.24) is 9.88 Å². The molecule has 0 radical (unpaired) electrons. The van der Waals surface area contributed by atoms with Crippen LogP contribution in [0.1, 0.15) is 46.1 Å². The molecule has 9 heteroatoms. The molecule has 2 aliphatic heterocycles. The van der Waals surface area contributed by atoms with Crippen LogP contribution in [0.15, 0.2) is 30.3 Å². The van der Waals surface area contributed by atoms with Crippen LogP contribution < -0.4 is 4.90 Å². The highest BCUT2D eigenvalue weighted by Gasteiger charge is 2.32. The van der Waals surface area contributed by atoms with E-state index in [0.29, 0.717) is 43.2 Å². The quantitative estimate of drug-likeness (QED) is 0.570. The van der Waals surface area contributed by atoms with Crippen molar-refractivity contribution in [2.45, 2.75) is 31.9 Å². The molecule has 32 heavy (non-hydrogen) atoms. The number of ketones is 1. The number of hydrogen-bond donors (Lipinski definition) is 1. The molecule has 3 heterocycles. The summed E-state index contributed by atoms with van der Waals surface area (Å²) in [5.74, 6) is -0.839. The Bertz CT molecular complexity index is 988. The summed E-state index contributed by atoms with van der Waals surface area (Å²) in [5.41, 5.74) is 1.77. The molecule has 0 bridgehead atoms. The monoisotopic (exact) mass is 449 g/mol. The number of amides is 1. The summed E-state index contributed by atoms with van der Waals surface area (Å²) in [4.78, 5) is 32.3. The number of anilines is 1. The Morgan fingerprint density at radius 2 is 1.75 bits per heavy atom. The standard InChI is InChI=1S/C23H26F3N3O3/c1-15-19(14-20(27-15)16-5-11-32-12-6-16)21(30)22(31)29-9-7-28(8-10-29)18-4-2-3-17(13-18)23(24,25)26/h2-4,13-14,16,27H,5-12H2,1H3. The summed E-state index contributed by atoms with van der Waals surface area (Å²) < 4.78 is 44.4. The van der Waals surface area contributed by atoms with Gasteiger partial charge in [-0.2, -0.15) is 13.2 Å². The van der Waals surface area contributed by atoms with Gasteiger partial charge in [-0.3, -0.25) is 9.59 Å². The second-order valence-corrected chi connectivity index (χ2v) is 8.31. The van der Waals surface area contributed by atoms with Gasteiger partial charge in [0.15, 0.2) is 0 Å². The number of aromatic amines is 1. The van der Waals surface area contributed by atoms with Gasteiger partial charge in [-0.1, -0.05) is 6.07 Å². The van der Waals surface area contributed by atoms with Gasteiger partial charge in [0.05, 0.1) is 5.56 Å². The van der Waals surface area contributed by atoms with Gasteiger partial charge in [-0.25, -0.2) is 0 Å². The second kappa shape index (κ2) is 8.97. The fourth-order valence-electron chi connectivity index (χ4n) is 4.35. The van der Waals surface area contributed by atoms with E-state index in [9.17, 15) is 22.8 Å². The van der Waals surface area contributed by atoms with E-state index in [0.717, 1.165) is 30.7 Å². The molecule has 0 saturated carbocycles. The number of H-pyrrole nitrogens is 1. The van der Waals surface area contributed by atoms with Gasteiger partial charge in [0, 0.05) is 67.9 Å². The van der Waals surface area contributed by atoms with Crippen molar-refractivity contribution in [3.05, 3.63) is 52.8 Å². The van der Waals surface area contributed by atoms with Gasteiger partial charge >= 0.3 is 6.18 Å². The molecule has 2 aliphatic rings. The van der Waals surface area contributed by atoms with Crippen LogP contribution in [0, 0.1) is 6.92 Å². The highest BCUT2D eigenvalue weighted by Crippen LogP contribution is 2.32. The molecule has 2 aromatic rings. The van der Waals surface area contributed by atoms with Gasteiger partial charge in [-0.15, -0.1) is 0 Å². The van der Waals surface area contributed by atoms with Gasteiger partial charge in [-0.05, 0) is 44.0 Å². The zero-order valence-corrected chi connectivity index (χ0v) is 17.9. The van der Waals surface area contributed by atoms with E-state index in [1.165, 1.54) is 11.0 Å². The minimum atomic E-state index is -4.40. The number of rotatable bonds is 4. The summed E-state index contributed by atoms with van der Waals surface area (Å²) in [6, 6.07) is 6.94. The molecule has 4 rings (SSSR count). The molecule has 0 unspecified atom stereocenters. The van der Waals surface area contributed by atoms with Crippen molar-refractivity contribution in [3.8, 4) is 0 Å². The van der Waals surface area contributed by atoms with Crippen LogP contribution in [0.4, 0.5) is 18.9 Å². The van der Waals surface area contributed by atoms with Gasteiger partial charge < -0.3 is 19.5 Å². The number of halogens is 3. The fourth-order valence-corrected chi connectivity index (χ4v) is 4.35. The lowest BCUT2D eigenvalue weighted by molar-refractivity contribution is -0.137. The molecule has 6 nitrogen and oxygen atoms in total. The second-order valence-electron chi connectivity index (χ2n) is 8.31. The minimum Gasteiger partial charge on any atom is -0.381 e. The van der Waals surface area contributed by atoms with Crippen LogP contribution in [0.5, 0.6) is 0 Å². The van der Waals surface area contributed by atoms with Gasteiger partial charge in [0.25, 0.3) is 11.7 Å². The number of nitrogens with zero attached hydrogens (tertiary/aromatic N) is 2. The first kappa shape index (κ1) is 22.4. The number of Topliss-reactive ketones (excluding diaryl/α,β-unsaturated/α-hetero) is 1. The van der Waals surface area contributed by atoms with Crippen molar-refractivity contribution in [3.63, 3.8) is 0 Å². The summed E-state index contributed by atoms with van der Waals surface area (Å²) >= 11 is 0. The normalized spacial score (nSPS) is 18.1. The van der Waals surface area contributed by atoms with Crippen LogP contribution >= 0.6 is 0 Å². The molecule has 1 N–H and O–H groups in total. The third-order valence-corrected chi connectivity index (χ3v) is 6.24. The lowest BCUT2D eigenvalue weighted by Gasteiger charge is -2.36. The van der Waals surface area contributed by atoms with E-state index in [4.69, 9.17) is 4.74 Å². The molecule has 1 aromatic carbocycles. The molecule has 1 aromatic heterocycles. The molecule has 172 valence electrons. The van der Waals surface area contributed by atoms with Crippen molar-refractivity contribution in [2.75, 3.05) is 44.3 Å². The van der Waals surface area contributed by atoms with Gasteiger partial charge in [0.2, 0.25) is 0 Å². The molecular weight excluding hydrogens is 423 g/mol. The number of carbonyl (C=O) groups excluding carboxylic acids is 2. The molecule has 0 atom stereocenters. The first-order chi connectivity index (χ1) is 15.2. The first-order valence-corrected chi connectivity index (χ1v) is 10.8. The highest BCUT2D eigenvalue weighted by molar-refractivity contribution is 6.43. The maximum Gasteiger partial charge on any atom is 0.416 e. The van der Waals surface area contributed by atoms with Crippen LogP contribution in [0.2, 0.25) is 0 Å². The Kier molecular flexibility index (Phi) is 6.28. The van der Waals surface area contributed by atoms with E-state index >= 15 is 0 Å². The van der Waals surface area contributed by atoms with E-state index in [1.54, 1.807) is 24.0 Å². The number of carbonyl (C=O) groups is 2. The molecular formula is C23H26F3N3O3. The third-order valence-electron chi connectivity index (χ3n) is 6.24. The number of aromatic nitrogens is 1. The number of nitrogens with one attached hydrogen (secondary N) is 1. The predicted octanol–water partition coefficient (Wildman–Crippen LogP) is 3.77.